The Morgan fingerprint density at radius 1 is 0.796 bits per heavy atom. The molecule has 2 aromatic heterocycles. The molecule has 0 spiro atoms. The number of aldehydes is 1. The van der Waals surface area contributed by atoms with Gasteiger partial charge in [0.25, 0.3) is 0 Å². The smallest absolute Gasteiger partial charge is 0.465 e. The molecule has 3 radical (unpaired) electrons. The number of ether oxygens (including phenoxy) is 2. The van der Waals surface area contributed by atoms with Crippen molar-refractivity contribution >= 4 is 37.5 Å². The number of anilines is 2. The maximum atomic E-state index is 11.1. The van der Waals surface area contributed by atoms with Crippen molar-refractivity contribution in [1.82, 2.24) is 9.97 Å². The predicted molar refractivity (Wildman–Crippen MR) is 204 cm³/mol. The van der Waals surface area contributed by atoms with Gasteiger partial charge in [-0.1, -0.05) is 40.5 Å². The van der Waals surface area contributed by atoms with Crippen LogP contribution in [0.25, 0.3) is 0 Å². The quantitative estimate of drug-likeness (QED) is 0.0753. The average molecular weight is 916 g/mol. The fourth-order valence-corrected chi connectivity index (χ4v) is 3.18. The molecule has 2 heterocycles. The third-order valence-corrected chi connectivity index (χ3v) is 6.10. The molecule has 0 aliphatic carbocycles. The molecular formula is C36H62BN4O11Y2-4. The van der Waals surface area contributed by atoms with Gasteiger partial charge in [-0.25, -0.2) is 19.6 Å². The molecule has 0 saturated heterocycles. The van der Waals surface area contributed by atoms with Gasteiger partial charge in [-0.05, 0) is 36.6 Å². The van der Waals surface area contributed by atoms with Crippen molar-refractivity contribution in [3.63, 3.8) is 0 Å². The number of aromatic nitrogens is 2. The van der Waals surface area contributed by atoms with Gasteiger partial charge in [0, 0.05) is 84.9 Å². The summed E-state index contributed by atoms with van der Waals surface area (Å²) in [6.45, 7) is 25.1. The third kappa shape index (κ3) is 33.8. The maximum Gasteiger partial charge on any atom is 0.484 e. The summed E-state index contributed by atoms with van der Waals surface area (Å²) in [4.78, 5) is 43.6. The molecule has 3 atom stereocenters. The van der Waals surface area contributed by atoms with Crippen LogP contribution in [0.5, 0.6) is 0 Å². The Balaban J connectivity index is -0.000000138. The number of rotatable bonds is 15. The summed E-state index contributed by atoms with van der Waals surface area (Å²) in [5.74, 6) is 0.981. The Morgan fingerprint density at radius 2 is 1.15 bits per heavy atom. The first-order chi connectivity index (χ1) is 24.8. The predicted octanol–water partition coefficient (Wildman–Crippen LogP) is 2.57. The van der Waals surface area contributed by atoms with Crippen LogP contribution in [0, 0.1) is 33.6 Å². The van der Waals surface area contributed by atoms with E-state index in [0.717, 1.165) is 24.5 Å². The Kier molecular flexibility index (Phi) is 54.8. The van der Waals surface area contributed by atoms with Crippen LogP contribution in [0.15, 0.2) is 36.7 Å². The monoisotopic (exact) mass is 915 g/mol. The molecule has 2 rings (SSSR count). The van der Waals surface area contributed by atoms with E-state index in [1.54, 1.807) is 24.3 Å². The number of hydrogen-bond donors (Lipinski definition) is 5. The topological polar surface area (TPSA) is 212 Å². The van der Waals surface area contributed by atoms with Crippen molar-refractivity contribution in [1.29, 1.82) is 0 Å². The minimum atomic E-state index is -1.19. The Morgan fingerprint density at radius 3 is 1.31 bits per heavy atom. The molecule has 54 heavy (non-hydrogen) atoms. The number of methoxy groups -OCH3 is 2. The normalized spacial score (nSPS) is 10.7. The number of pyridine rings is 2. The number of carbonyl (C=O) groups is 3. The zero-order valence-corrected chi connectivity index (χ0v) is 38.8. The SMILES string of the molecule is CCC.CCCC(C)C(O)CO.CO[B]O.O=CC(O)CO.[CH2-]CN(C[CH2-])c1ccc(C(=O)OC)cn1.[CH2-]CN(C[CH2-])c1ccc(C(=O)OC)cn1.[Y].[Y]. The van der Waals surface area contributed by atoms with E-state index in [9.17, 15) is 14.4 Å². The molecule has 2 aromatic rings. The Hall–Kier alpha value is -1.46. The fraction of sp³-hybridized carbons (Fsp3) is 0.528. The molecule has 0 aliphatic rings. The first-order valence-corrected chi connectivity index (χ1v) is 16.6. The summed E-state index contributed by atoms with van der Waals surface area (Å²) in [6, 6.07) is 6.85. The largest absolute Gasteiger partial charge is 0.484 e. The van der Waals surface area contributed by atoms with Crippen molar-refractivity contribution < 1.29 is 119 Å². The Bertz CT molecular complexity index is 1040. The Labute approximate surface area is 375 Å². The number of esters is 2. The first kappa shape index (κ1) is 64.4. The number of aliphatic hydroxyl groups excluding tert-OH is 4. The van der Waals surface area contributed by atoms with Crippen LogP contribution in [-0.4, -0.2) is 134 Å². The van der Waals surface area contributed by atoms with E-state index in [2.05, 4.69) is 72.6 Å². The molecule has 0 bridgehead atoms. The van der Waals surface area contributed by atoms with Crippen molar-refractivity contribution in [2.45, 2.75) is 59.2 Å². The van der Waals surface area contributed by atoms with Crippen molar-refractivity contribution in [2.24, 2.45) is 5.92 Å². The van der Waals surface area contributed by atoms with E-state index in [1.165, 1.54) is 40.1 Å². The molecule has 0 amide bonds. The molecule has 5 N–H and O–H groups in total. The molecule has 305 valence electrons. The van der Waals surface area contributed by atoms with Gasteiger partial charge in [0.2, 0.25) is 0 Å². The average Bonchev–Trinajstić information content (AvgIpc) is 3.19. The van der Waals surface area contributed by atoms with Crippen LogP contribution in [0.4, 0.5) is 11.6 Å². The molecule has 3 unspecified atom stereocenters. The van der Waals surface area contributed by atoms with E-state index in [1.807, 2.05) is 16.7 Å². The standard InChI is InChI=1S/2C11H14N2O2.C7H16O2.C3H6O3.C3H8.CH4BO2.2Y/c2*1-4-13(5-2)10-7-6-9(8-12-10)11(14)15-3;1-3-4-6(2)7(9)5-8;4-1-3(6)2-5;1-3-2;1-4-2-3;;/h2*6-8H,1-2,4-5H2,3H3;6-9H,3-5H2,1-2H3;1,3,5-6H,2H2;3H2,1-2H3;3H,1H3;;/q2*-2;;;;;;. The molecule has 0 fully saturated rings. The van der Waals surface area contributed by atoms with E-state index in [-0.39, 0.29) is 96.2 Å². The van der Waals surface area contributed by atoms with E-state index < -0.39 is 18.8 Å². The van der Waals surface area contributed by atoms with Gasteiger partial charge >= 0.3 is 19.6 Å². The van der Waals surface area contributed by atoms with Gasteiger partial charge < -0.3 is 81.9 Å². The van der Waals surface area contributed by atoms with Crippen LogP contribution < -0.4 is 9.80 Å². The zero-order valence-electron chi connectivity index (χ0n) is 33.2. The van der Waals surface area contributed by atoms with Gasteiger partial charge in [0.1, 0.15) is 17.7 Å². The van der Waals surface area contributed by atoms with Crippen molar-refractivity contribution in [2.75, 3.05) is 70.5 Å². The number of nitrogens with zero attached hydrogens (tertiary/aromatic N) is 4. The number of aliphatic hydroxyl groups is 4. The van der Waals surface area contributed by atoms with Crippen LogP contribution in [0.3, 0.4) is 0 Å². The summed E-state index contributed by atoms with van der Waals surface area (Å²) in [7, 11) is 4.68. The van der Waals surface area contributed by atoms with Gasteiger partial charge in [-0.3, -0.25) is 0 Å². The number of carbonyl (C=O) groups excluding carboxylic acids is 3. The first-order valence-electron chi connectivity index (χ1n) is 16.6. The summed E-state index contributed by atoms with van der Waals surface area (Å²) in [5.41, 5.74) is 0.878. The van der Waals surface area contributed by atoms with Crippen molar-refractivity contribution in [3.8, 4) is 0 Å². The summed E-state index contributed by atoms with van der Waals surface area (Å²) >= 11 is 0. The van der Waals surface area contributed by atoms with Gasteiger partial charge in [-0.2, -0.15) is 0 Å². The van der Waals surface area contributed by atoms with E-state index in [0.29, 0.717) is 45.0 Å². The minimum absolute atomic E-state index is 0. The molecular weight excluding hydrogens is 853 g/mol. The number of hydrogen-bond acceptors (Lipinski definition) is 15. The molecule has 18 heteroatoms. The fourth-order valence-electron chi connectivity index (χ4n) is 3.18. The van der Waals surface area contributed by atoms with Crippen LogP contribution in [0.2, 0.25) is 0 Å². The van der Waals surface area contributed by atoms with Crippen LogP contribution in [0.1, 0.15) is 67.7 Å². The zero-order chi connectivity index (χ0) is 40.9. The van der Waals surface area contributed by atoms with Gasteiger partial charge in [0.05, 0.1) is 44.7 Å². The van der Waals surface area contributed by atoms with Crippen LogP contribution >= 0.6 is 0 Å². The minimum Gasteiger partial charge on any atom is -0.465 e. The second-order valence-electron chi connectivity index (χ2n) is 10.2. The van der Waals surface area contributed by atoms with Crippen molar-refractivity contribution in [3.05, 3.63) is 75.5 Å². The second kappa shape index (κ2) is 45.9. The van der Waals surface area contributed by atoms with E-state index in [4.69, 9.17) is 25.5 Å². The molecule has 0 saturated carbocycles. The summed E-state index contributed by atoms with van der Waals surface area (Å²) in [6.07, 6.45) is 4.84. The van der Waals surface area contributed by atoms with Crippen LogP contribution in [-0.2, 0) is 84.3 Å². The molecule has 0 aliphatic heterocycles. The molecule has 15 nitrogen and oxygen atoms in total. The third-order valence-electron chi connectivity index (χ3n) is 6.10. The summed E-state index contributed by atoms with van der Waals surface area (Å²) < 4.78 is 13.1. The van der Waals surface area contributed by atoms with E-state index >= 15 is 0 Å². The second-order valence-corrected chi connectivity index (χ2v) is 10.2. The van der Waals surface area contributed by atoms with Gasteiger partial charge in [-0.15, -0.1) is 26.2 Å². The van der Waals surface area contributed by atoms with Gasteiger partial charge in [0.15, 0.2) is 6.29 Å². The maximum absolute atomic E-state index is 11.1. The molecule has 0 aromatic carbocycles. The summed E-state index contributed by atoms with van der Waals surface area (Å²) in [5, 5.41) is 40.9.